The maximum atomic E-state index is 10.7. The van der Waals surface area contributed by atoms with E-state index >= 15 is 0 Å². The molecule has 0 fully saturated rings. The zero-order valence-electron chi connectivity index (χ0n) is 18.2. The van der Waals surface area contributed by atoms with Crippen LogP contribution in [0.2, 0.25) is 0 Å². The van der Waals surface area contributed by atoms with Gasteiger partial charge in [0, 0.05) is 18.8 Å². The number of ether oxygens (including phenoxy) is 1. The summed E-state index contributed by atoms with van der Waals surface area (Å²) >= 11 is 0. The first-order valence-electron chi connectivity index (χ1n) is 10.1. The smallest absolute Gasteiger partial charge is 0.294 e. The second-order valence-electron chi connectivity index (χ2n) is 6.95. The molecule has 0 spiro atoms. The summed E-state index contributed by atoms with van der Waals surface area (Å²) < 4.78 is 35.2. The third-order valence-corrected chi connectivity index (χ3v) is 5.39. The van der Waals surface area contributed by atoms with E-state index in [4.69, 9.17) is 15.0 Å². The fourth-order valence-electron chi connectivity index (χ4n) is 2.99. The largest absolute Gasteiger partial charge is 0.492 e. The Balaban J connectivity index is 0.000000225. The predicted molar refractivity (Wildman–Crippen MR) is 126 cm³/mol. The number of nitrogen functional groups attached to an aromatic ring is 1. The Labute approximate surface area is 185 Å². The molecule has 6 nitrogen and oxygen atoms in total. The highest BCUT2D eigenvalue weighted by atomic mass is 32.2. The molecular formula is C24H30N2O4S. The summed E-state index contributed by atoms with van der Waals surface area (Å²) in [5.41, 5.74) is 9.66. The lowest BCUT2D eigenvalue weighted by Crippen LogP contribution is -2.21. The van der Waals surface area contributed by atoms with Crippen molar-refractivity contribution in [3.8, 4) is 5.75 Å². The normalized spacial score (nSPS) is 10.7. The van der Waals surface area contributed by atoms with Crippen LogP contribution < -0.4 is 15.4 Å². The number of rotatable bonds is 7. The number of aryl methyl sites for hydroxylation is 1. The first-order chi connectivity index (χ1) is 14.7. The van der Waals surface area contributed by atoms with E-state index in [2.05, 4.69) is 73.3 Å². The monoisotopic (exact) mass is 442 g/mol. The van der Waals surface area contributed by atoms with Gasteiger partial charge in [-0.3, -0.25) is 4.55 Å². The van der Waals surface area contributed by atoms with Crippen LogP contribution in [0.4, 0.5) is 11.4 Å². The zero-order chi connectivity index (χ0) is 22.9. The Hall–Kier alpha value is -3.03. The van der Waals surface area contributed by atoms with Gasteiger partial charge in [0.2, 0.25) is 0 Å². The predicted octanol–water partition coefficient (Wildman–Crippen LogP) is 4.94. The van der Waals surface area contributed by atoms with Crippen LogP contribution in [0.25, 0.3) is 0 Å². The molecule has 3 N–H and O–H groups in total. The van der Waals surface area contributed by atoms with Crippen LogP contribution in [0.1, 0.15) is 25.0 Å². The third-order valence-electron chi connectivity index (χ3n) is 4.54. The van der Waals surface area contributed by atoms with Crippen molar-refractivity contribution in [1.82, 2.24) is 0 Å². The average molecular weight is 443 g/mol. The highest BCUT2D eigenvalue weighted by Crippen LogP contribution is 2.24. The molecule has 0 unspecified atom stereocenters. The van der Waals surface area contributed by atoms with Crippen LogP contribution in [0.3, 0.4) is 0 Å². The van der Waals surface area contributed by atoms with Crippen molar-refractivity contribution < 1.29 is 17.7 Å². The van der Waals surface area contributed by atoms with Crippen LogP contribution in [0.5, 0.6) is 5.75 Å². The molecule has 0 saturated carbocycles. The molecule has 7 heteroatoms. The number of nitrogens with zero attached hydrogens (tertiary/aromatic N) is 1. The summed E-state index contributed by atoms with van der Waals surface area (Å²) in [6, 6.07) is 23.1. The van der Waals surface area contributed by atoms with Gasteiger partial charge in [0.1, 0.15) is 5.75 Å². The van der Waals surface area contributed by atoms with Crippen molar-refractivity contribution in [2.45, 2.75) is 32.2 Å². The van der Waals surface area contributed by atoms with Gasteiger partial charge in [-0.15, -0.1) is 0 Å². The van der Waals surface area contributed by atoms with Gasteiger partial charge in [0.05, 0.1) is 17.2 Å². The van der Waals surface area contributed by atoms with Crippen molar-refractivity contribution in [2.75, 3.05) is 23.8 Å². The van der Waals surface area contributed by atoms with Gasteiger partial charge in [-0.25, -0.2) is 0 Å². The van der Waals surface area contributed by atoms with E-state index in [1.807, 2.05) is 0 Å². The van der Waals surface area contributed by atoms with Crippen molar-refractivity contribution in [3.63, 3.8) is 0 Å². The lowest BCUT2D eigenvalue weighted by Gasteiger charge is -2.23. The Morgan fingerprint density at radius 1 is 0.968 bits per heavy atom. The van der Waals surface area contributed by atoms with E-state index in [0.29, 0.717) is 12.4 Å². The van der Waals surface area contributed by atoms with Gasteiger partial charge >= 0.3 is 0 Å². The second-order valence-corrected chi connectivity index (χ2v) is 8.37. The molecule has 3 aromatic rings. The van der Waals surface area contributed by atoms with Gasteiger partial charge < -0.3 is 15.4 Å². The maximum absolute atomic E-state index is 10.7. The molecule has 0 amide bonds. The van der Waals surface area contributed by atoms with E-state index < -0.39 is 10.1 Å². The van der Waals surface area contributed by atoms with Gasteiger partial charge in [0.15, 0.2) is 0 Å². The average Bonchev–Trinajstić information content (AvgIpc) is 2.74. The topological polar surface area (TPSA) is 92.9 Å². The zero-order valence-corrected chi connectivity index (χ0v) is 19.0. The summed E-state index contributed by atoms with van der Waals surface area (Å²) in [4.78, 5) is 2.15. The first kappa shape index (κ1) is 24.2. The molecule has 3 aromatic carbocycles. The molecule has 3 rings (SSSR count). The van der Waals surface area contributed by atoms with E-state index in [0.717, 1.165) is 19.2 Å². The molecular weight excluding hydrogens is 412 g/mol. The molecule has 0 bridgehead atoms. The van der Waals surface area contributed by atoms with E-state index in [-0.39, 0.29) is 10.6 Å². The number of hydrogen-bond donors (Lipinski definition) is 2. The molecule has 0 aliphatic heterocycles. The number of hydrogen-bond acceptors (Lipinski definition) is 5. The Morgan fingerprint density at radius 3 is 2.23 bits per heavy atom. The molecule has 0 heterocycles. The molecule has 0 radical (unpaired) electrons. The van der Waals surface area contributed by atoms with Crippen LogP contribution >= 0.6 is 0 Å². The van der Waals surface area contributed by atoms with Crippen LogP contribution in [-0.2, 0) is 16.7 Å². The highest BCUT2D eigenvalue weighted by Gasteiger charge is 2.11. The minimum Gasteiger partial charge on any atom is -0.492 e. The molecule has 0 saturated heterocycles. The van der Waals surface area contributed by atoms with Gasteiger partial charge in [0.25, 0.3) is 10.1 Å². The van der Waals surface area contributed by atoms with Crippen molar-refractivity contribution in [3.05, 3.63) is 83.9 Å². The highest BCUT2D eigenvalue weighted by molar-refractivity contribution is 7.85. The van der Waals surface area contributed by atoms with Crippen molar-refractivity contribution >= 4 is 21.5 Å². The number of anilines is 2. The summed E-state index contributed by atoms with van der Waals surface area (Å²) in [5, 5.41) is 0. The Morgan fingerprint density at radius 2 is 1.68 bits per heavy atom. The quantitative estimate of drug-likeness (QED) is 0.398. The second kappa shape index (κ2) is 11.4. The van der Waals surface area contributed by atoms with Gasteiger partial charge in [-0.2, -0.15) is 8.42 Å². The van der Waals surface area contributed by atoms with Crippen LogP contribution in [0, 0.1) is 6.92 Å². The summed E-state index contributed by atoms with van der Waals surface area (Å²) in [6.07, 6.45) is 0. The van der Waals surface area contributed by atoms with Crippen molar-refractivity contribution in [1.29, 1.82) is 0 Å². The Bertz CT molecular complexity index is 1070. The first-order valence-corrected chi connectivity index (χ1v) is 11.5. The minimum atomic E-state index is -4.19. The molecule has 166 valence electrons. The summed E-state index contributed by atoms with van der Waals surface area (Å²) in [5.74, 6) is 0.403. The molecule has 0 atom stereocenters. The van der Waals surface area contributed by atoms with Gasteiger partial charge in [-0.05, 0) is 62.2 Å². The third kappa shape index (κ3) is 7.62. The lowest BCUT2D eigenvalue weighted by molar-refractivity contribution is 0.342. The van der Waals surface area contributed by atoms with Crippen LogP contribution in [-0.4, -0.2) is 26.1 Å². The van der Waals surface area contributed by atoms with E-state index in [1.165, 1.54) is 28.9 Å². The number of nitrogens with two attached hydrogens (primary N) is 1. The SMILES string of the molecule is CCN(Cc1ccccc1)c1cccc(C)c1.CCOc1ccc(S(=O)(=O)O)cc1N. The van der Waals surface area contributed by atoms with E-state index in [1.54, 1.807) is 6.92 Å². The fraction of sp³-hybridized carbons (Fsp3) is 0.250. The standard InChI is InChI=1S/C16H19N.C8H11NO4S/c1-3-17(13-15-9-5-4-6-10-15)16-11-7-8-14(2)12-16;1-2-13-8-4-3-6(5-7(8)9)14(10,11)12/h4-12H,3,13H2,1-2H3;3-5H,2,9H2,1H3,(H,10,11,12). The van der Waals surface area contributed by atoms with Gasteiger partial charge in [-0.1, -0.05) is 42.5 Å². The minimum absolute atomic E-state index is 0.182. The van der Waals surface area contributed by atoms with Crippen LogP contribution in [0.15, 0.2) is 77.7 Å². The van der Waals surface area contributed by atoms with Crippen molar-refractivity contribution in [2.24, 2.45) is 0 Å². The summed E-state index contributed by atoms with van der Waals surface area (Å²) in [7, 11) is -4.19. The summed E-state index contributed by atoms with van der Waals surface area (Å²) in [6.45, 7) is 8.57. The maximum Gasteiger partial charge on any atom is 0.294 e. The number of benzene rings is 3. The molecule has 0 aliphatic carbocycles. The molecule has 31 heavy (non-hydrogen) atoms. The molecule has 0 aliphatic rings. The fourth-order valence-corrected chi connectivity index (χ4v) is 3.50. The Kier molecular flexibility index (Phi) is 8.90. The molecule has 0 aromatic heterocycles. The van der Waals surface area contributed by atoms with E-state index in [9.17, 15) is 8.42 Å². The lowest BCUT2D eigenvalue weighted by atomic mass is 10.1.